The summed E-state index contributed by atoms with van der Waals surface area (Å²) in [6.07, 6.45) is 0.724. The third-order valence-corrected chi connectivity index (χ3v) is 10.7. The number of hydrogen-bond donors (Lipinski definition) is 2. The van der Waals surface area contributed by atoms with Crippen LogP contribution in [0, 0.1) is 22.7 Å². The molecule has 0 saturated heterocycles. The summed E-state index contributed by atoms with van der Waals surface area (Å²) in [7, 11) is 0. The van der Waals surface area contributed by atoms with E-state index >= 15 is 0 Å². The number of carbonyl (C=O) groups is 3. The Bertz CT molecular complexity index is 1500. The highest BCUT2D eigenvalue weighted by atomic mass is 16.6. The molecular formula is C34H36O8. The molecule has 0 radical (unpaired) electrons. The number of furan rings is 1. The molecule has 0 bridgehead atoms. The topological polar surface area (TPSA) is 123 Å². The van der Waals surface area contributed by atoms with E-state index in [1.54, 1.807) is 66.9 Å². The highest BCUT2D eigenvalue weighted by Gasteiger charge is 2.77. The van der Waals surface area contributed by atoms with Gasteiger partial charge in [-0.05, 0) is 67.5 Å². The number of rotatable bonds is 5. The molecule has 0 spiro atoms. The predicted molar refractivity (Wildman–Crippen MR) is 152 cm³/mol. The zero-order chi connectivity index (χ0) is 29.9. The average Bonchev–Trinajstić information content (AvgIpc) is 3.47. The third kappa shape index (κ3) is 3.95. The van der Waals surface area contributed by atoms with Crippen molar-refractivity contribution in [3.05, 3.63) is 95.4 Å². The van der Waals surface area contributed by atoms with Crippen molar-refractivity contribution in [1.82, 2.24) is 0 Å². The van der Waals surface area contributed by atoms with Gasteiger partial charge in [-0.15, -0.1) is 0 Å². The van der Waals surface area contributed by atoms with Crippen molar-refractivity contribution in [3.8, 4) is 0 Å². The zero-order valence-electron chi connectivity index (χ0n) is 24.0. The number of hydrogen-bond acceptors (Lipinski definition) is 7. The van der Waals surface area contributed by atoms with Crippen LogP contribution in [0.3, 0.4) is 0 Å². The Morgan fingerprint density at radius 2 is 1.48 bits per heavy atom. The fraction of sp³-hybridized carbons (Fsp3) is 0.441. The van der Waals surface area contributed by atoms with Crippen molar-refractivity contribution in [2.75, 3.05) is 0 Å². The summed E-state index contributed by atoms with van der Waals surface area (Å²) < 4.78 is 18.4. The van der Waals surface area contributed by atoms with Gasteiger partial charge < -0.3 is 24.1 Å². The molecule has 2 aromatic carbocycles. The number of carbonyl (C=O) groups excluding carboxylic acids is 2. The van der Waals surface area contributed by atoms with Gasteiger partial charge in [0, 0.05) is 17.8 Å². The van der Waals surface area contributed by atoms with Crippen LogP contribution in [-0.2, 0) is 20.7 Å². The Morgan fingerprint density at radius 3 is 2.07 bits per heavy atom. The van der Waals surface area contributed by atoms with Crippen LogP contribution in [0.2, 0.25) is 0 Å². The summed E-state index contributed by atoms with van der Waals surface area (Å²) in [4.78, 5) is 40.4. The van der Waals surface area contributed by atoms with Crippen molar-refractivity contribution < 1.29 is 38.5 Å². The number of fused-ring (bicyclic) bond motifs is 4. The molecule has 220 valence electrons. The smallest absolute Gasteiger partial charge is 0.338 e. The van der Waals surface area contributed by atoms with Gasteiger partial charge in [-0.3, -0.25) is 4.79 Å². The van der Waals surface area contributed by atoms with E-state index in [0.717, 1.165) is 11.3 Å². The van der Waals surface area contributed by atoms with Crippen molar-refractivity contribution in [1.29, 1.82) is 0 Å². The van der Waals surface area contributed by atoms with E-state index < -0.39 is 52.5 Å². The van der Waals surface area contributed by atoms with Crippen LogP contribution in [0.25, 0.3) is 0 Å². The number of esters is 2. The van der Waals surface area contributed by atoms with E-state index in [0.29, 0.717) is 24.8 Å². The Kier molecular flexibility index (Phi) is 6.80. The molecule has 3 aromatic rings. The Labute approximate surface area is 244 Å². The normalized spacial score (nSPS) is 35.2. The molecule has 1 aromatic heterocycles. The first kappa shape index (κ1) is 28.2. The average molecular weight is 573 g/mol. The molecule has 2 N–H and O–H groups in total. The Balaban J connectivity index is 1.56. The van der Waals surface area contributed by atoms with Gasteiger partial charge in [-0.2, -0.15) is 0 Å². The van der Waals surface area contributed by atoms with Crippen LogP contribution in [0.1, 0.15) is 78.0 Å². The van der Waals surface area contributed by atoms with Crippen LogP contribution in [0.4, 0.5) is 0 Å². The second-order valence-corrected chi connectivity index (χ2v) is 12.6. The molecule has 8 nitrogen and oxygen atoms in total. The van der Waals surface area contributed by atoms with Crippen LogP contribution in [-0.4, -0.2) is 45.9 Å². The Hall–Kier alpha value is -3.91. The first-order valence-corrected chi connectivity index (χ1v) is 14.6. The van der Waals surface area contributed by atoms with Crippen molar-refractivity contribution >= 4 is 17.9 Å². The van der Waals surface area contributed by atoms with Crippen molar-refractivity contribution in [2.24, 2.45) is 22.7 Å². The SMILES string of the molecule is C[C@H]1c2ccoc2C[C@H]2[C@H]1[C@@H](OC(=O)c1ccccc1)[C@@H](OC(=O)c1ccccc1)[C@@]1(O)[C@@](C)(C(=O)O)CCC[C@]21C. The first-order valence-electron chi connectivity index (χ1n) is 14.6. The summed E-state index contributed by atoms with van der Waals surface area (Å²) in [6.45, 7) is 5.46. The number of carboxylic acid groups (broad SMARTS) is 1. The molecular weight excluding hydrogens is 536 g/mol. The van der Waals surface area contributed by atoms with E-state index in [1.165, 1.54) is 6.92 Å². The maximum absolute atomic E-state index is 13.7. The van der Waals surface area contributed by atoms with Gasteiger partial charge in [0.1, 0.15) is 17.5 Å². The number of aliphatic carboxylic acids is 1. The molecule has 3 aliphatic rings. The standard InChI is InChI=1S/C34H36O8/c1-20-23-15-18-40-25(23)19-24-26(20)27(41-29(35)21-11-6-4-7-12-21)28(42-30(36)22-13-8-5-9-14-22)34(39)32(24,2)16-10-17-33(34,3)31(37)38/h4-9,11-15,18,20,24,26-28,39H,10,16-17,19H2,1-3H3,(H,37,38)/t20-,24-,26-,27+,28+,32+,33+,34-/m0/s1. The molecule has 8 heteroatoms. The minimum atomic E-state index is -2.08. The molecule has 2 saturated carbocycles. The summed E-state index contributed by atoms with van der Waals surface area (Å²) in [5, 5.41) is 23.8. The molecule has 42 heavy (non-hydrogen) atoms. The molecule has 2 fully saturated rings. The van der Waals surface area contributed by atoms with Crippen molar-refractivity contribution in [3.63, 3.8) is 0 Å². The maximum atomic E-state index is 13.7. The first-order chi connectivity index (χ1) is 20.0. The van der Waals surface area contributed by atoms with Gasteiger partial charge in [0.2, 0.25) is 0 Å². The number of aliphatic hydroxyl groups is 1. The third-order valence-electron chi connectivity index (χ3n) is 10.7. The Morgan fingerprint density at radius 1 is 0.881 bits per heavy atom. The van der Waals surface area contributed by atoms with Crippen LogP contribution in [0.5, 0.6) is 0 Å². The van der Waals surface area contributed by atoms with Crippen LogP contribution in [0.15, 0.2) is 77.4 Å². The minimum absolute atomic E-state index is 0.173. The lowest BCUT2D eigenvalue weighted by molar-refractivity contribution is -0.311. The summed E-state index contributed by atoms with van der Waals surface area (Å²) in [5.41, 5.74) is -3.27. The van der Waals surface area contributed by atoms with Gasteiger partial charge >= 0.3 is 17.9 Å². The number of benzene rings is 2. The van der Waals surface area contributed by atoms with Gasteiger partial charge in [0.25, 0.3) is 0 Å². The highest BCUT2D eigenvalue weighted by molar-refractivity contribution is 5.90. The van der Waals surface area contributed by atoms with Gasteiger partial charge in [-0.25, -0.2) is 9.59 Å². The van der Waals surface area contributed by atoms with E-state index in [1.807, 2.05) is 19.9 Å². The largest absolute Gasteiger partial charge is 0.481 e. The molecule has 0 amide bonds. The monoisotopic (exact) mass is 572 g/mol. The number of ether oxygens (including phenoxy) is 2. The van der Waals surface area contributed by atoms with Crippen molar-refractivity contribution in [2.45, 2.75) is 70.2 Å². The molecule has 0 unspecified atom stereocenters. The van der Waals surface area contributed by atoms with E-state index in [9.17, 15) is 24.6 Å². The maximum Gasteiger partial charge on any atom is 0.338 e. The number of carboxylic acids is 1. The lowest BCUT2D eigenvalue weighted by Crippen LogP contribution is -2.79. The summed E-state index contributed by atoms with van der Waals surface area (Å²) in [6, 6.07) is 18.8. The van der Waals surface area contributed by atoms with Crippen LogP contribution < -0.4 is 0 Å². The van der Waals surface area contributed by atoms with E-state index in [2.05, 4.69) is 0 Å². The highest BCUT2D eigenvalue weighted by Crippen LogP contribution is 2.68. The molecule has 1 heterocycles. The second kappa shape index (κ2) is 10.1. The fourth-order valence-electron chi connectivity index (χ4n) is 8.43. The lowest BCUT2D eigenvalue weighted by Gasteiger charge is -2.68. The predicted octanol–water partition coefficient (Wildman–Crippen LogP) is 5.65. The van der Waals surface area contributed by atoms with Gasteiger partial charge in [-0.1, -0.05) is 56.7 Å². The quantitative estimate of drug-likeness (QED) is 0.376. The van der Waals surface area contributed by atoms with Crippen LogP contribution >= 0.6 is 0 Å². The van der Waals surface area contributed by atoms with E-state index in [-0.39, 0.29) is 23.8 Å². The van der Waals surface area contributed by atoms with Gasteiger partial charge in [0.05, 0.1) is 22.8 Å². The minimum Gasteiger partial charge on any atom is -0.481 e. The van der Waals surface area contributed by atoms with E-state index in [4.69, 9.17) is 13.9 Å². The fourth-order valence-corrected chi connectivity index (χ4v) is 8.43. The molecule has 6 rings (SSSR count). The second-order valence-electron chi connectivity index (χ2n) is 12.6. The summed E-state index contributed by atoms with van der Waals surface area (Å²) in [5.74, 6) is -2.67. The molecule has 0 aliphatic heterocycles. The zero-order valence-corrected chi connectivity index (χ0v) is 24.0. The molecule has 3 aliphatic carbocycles. The summed E-state index contributed by atoms with van der Waals surface area (Å²) >= 11 is 0. The lowest BCUT2D eigenvalue weighted by atomic mass is 9.39. The van der Waals surface area contributed by atoms with Gasteiger partial charge in [0.15, 0.2) is 6.10 Å². The molecule has 8 atom stereocenters.